The largest absolute Gasteiger partial charge is 0.335 e. The standard InChI is InChI=1S/C17H16N4O3S/c18-13-14-5-1-2-7-16(14)25(23,24)21-11-9-20(10-12-21)17(22)15-6-3-4-8-19-15/h1-8H,9-12H2. The third kappa shape index (κ3) is 3.38. The Kier molecular flexibility index (Phi) is 4.79. The molecule has 25 heavy (non-hydrogen) atoms. The molecule has 0 bridgehead atoms. The molecule has 7 nitrogen and oxygen atoms in total. The van der Waals surface area contributed by atoms with E-state index in [4.69, 9.17) is 5.26 Å². The molecule has 0 unspecified atom stereocenters. The Balaban J connectivity index is 1.74. The first kappa shape index (κ1) is 17.1. The molecule has 0 N–H and O–H groups in total. The lowest BCUT2D eigenvalue weighted by Crippen LogP contribution is -2.50. The number of hydrogen-bond donors (Lipinski definition) is 0. The number of hydrogen-bond acceptors (Lipinski definition) is 5. The van der Waals surface area contributed by atoms with Crippen LogP contribution in [0.5, 0.6) is 0 Å². The Morgan fingerprint density at radius 2 is 1.72 bits per heavy atom. The summed E-state index contributed by atoms with van der Waals surface area (Å²) in [6.45, 7) is 0.925. The van der Waals surface area contributed by atoms with Gasteiger partial charge in [0.05, 0.1) is 10.5 Å². The first-order valence-corrected chi connectivity index (χ1v) is 9.17. The molecule has 1 aliphatic rings. The summed E-state index contributed by atoms with van der Waals surface area (Å²) < 4.78 is 26.9. The third-order valence-electron chi connectivity index (χ3n) is 4.04. The molecule has 0 saturated carbocycles. The number of aromatic nitrogens is 1. The maximum Gasteiger partial charge on any atom is 0.272 e. The van der Waals surface area contributed by atoms with Crippen molar-refractivity contribution in [3.8, 4) is 6.07 Å². The summed E-state index contributed by atoms with van der Waals surface area (Å²) in [4.78, 5) is 18.0. The van der Waals surface area contributed by atoms with E-state index in [9.17, 15) is 13.2 Å². The summed E-state index contributed by atoms with van der Waals surface area (Å²) in [7, 11) is -3.76. The monoisotopic (exact) mass is 356 g/mol. The molecule has 0 atom stereocenters. The zero-order valence-corrected chi connectivity index (χ0v) is 14.2. The van der Waals surface area contributed by atoms with Crippen LogP contribution in [0.4, 0.5) is 0 Å². The summed E-state index contributed by atoms with van der Waals surface area (Å²) in [5, 5.41) is 9.13. The number of rotatable bonds is 3. The van der Waals surface area contributed by atoms with Gasteiger partial charge in [-0.2, -0.15) is 9.57 Å². The second-order valence-corrected chi connectivity index (χ2v) is 7.43. The molecule has 128 valence electrons. The van der Waals surface area contributed by atoms with Crippen molar-refractivity contribution in [3.63, 3.8) is 0 Å². The normalized spacial score (nSPS) is 15.6. The van der Waals surface area contributed by atoms with E-state index in [-0.39, 0.29) is 42.5 Å². The Bertz CT molecular complexity index is 914. The van der Waals surface area contributed by atoms with Crippen molar-refractivity contribution in [3.05, 3.63) is 59.9 Å². The van der Waals surface area contributed by atoms with Crippen molar-refractivity contribution >= 4 is 15.9 Å². The highest BCUT2D eigenvalue weighted by Gasteiger charge is 2.32. The second kappa shape index (κ2) is 7.01. The average molecular weight is 356 g/mol. The lowest BCUT2D eigenvalue weighted by Gasteiger charge is -2.33. The van der Waals surface area contributed by atoms with Crippen molar-refractivity contribution in [1.29, 1.82) is 5.26 Å². The Hall–Kier alpha value is -2.76. The summed E-state index contributed by atoms with van der Waals surface area (Å²) in [5.41, 5.74) is 0.461. The van der Waals surface area contributed by atoms with Gasteiger partial charge in [0.1, 0.15) is 11.8 Å². The smallest absolute Gasteiger partial charge is 0.272 e. The van der Waals surface area contributed by atoms with Gasteiger partial charge in [0.2, 0.25) is 10.0 Å². The summed E-state index contributed by atoms with van der Waals surface area (Å²) in [6, 6.07) is 13.1. The summed E-state index contributed by atoms with van der Waals surface area (Å²) >= 11 is 0. The third-order valence-corrected chi connectivity index (χ3v) is 5.99. The van der Waals surface area contributed by atoms with E-state index in [0.29, 0.717) is 5.69 Å². The van der Waals surface area contributed by atoms with Gasteiger partial charge in [0.15, 0.2) is 0 Å². The molecule has 1 aromatic carbocycles. The van der Waals surface area contributed by atoms with E-state index < -0.39 is 10.0 Å². The van der Waals surface area contributed by atoms with Gasteiger partial charge in [-0.25, -0.2) is 8.42 Å². The number of nitriles is 1. The lowest BCUT2D eigenvalue weighted by atomic mass is 10.2. The summed E-state index contributed by atoms with van der Waals surface area (Å²) in [6.07, 6.45) is 1.55. The number of piperazine rings is 1. The van der Waals surface area contributed by atoms with Crippen molar-refractivity contribution in [2.24, 2.45) is 0 Å². The van der Waals surface area contributed by atoms with E-state index >= 15 is 0 Å². The quantitative estimate of drug-likeness (QED) is 0.821. The van der Waals surface area contributed by atoms with Gasteiger partial charge in [0, 0.05) is 32.4 Å². The van der Waals surface area contributed by atoms with Gasteiger partial charge in [-0.3, -0.25) is 9.78 Å². The molecule has 1 aliphatic heterocycles. The Labute approximate surface area is 146 Å². The SMILES string of the molecule is N#Cc1ccccc1S(=O)(=O)N1CCN(C(=O)c2ccccn2)CC1. The molecule has 2 aromatic rings. The Morgan fingerprint density at radius 3 is 2.36 bits per heavy atom. The zero-order chi connectivity index (χ0) is 17.9. The van der Waals surface area contributed by atoms with Gasteiger partial charge < -0.3 is 4.90 Å². The minimum absolute atomic E-state index is 0.00185. The van der Waals surface area contributed by atoms with Crippen molar-refractivity contribution in [1.82, 2.24) is 14.2 Å². The highest BCUT2D eigenvalue weighted by atomic mass is 32.2. The first-order chi connectivity index (χ1) is 12.0. The second-order valence-electron chi connectivity index (χ2n) is 5.52. The molecule has 1 saturated heterocycles. The number of benzene rings is 1. The maximum atomic E-state index is 12.8. The van der Waals surface area contributed by atoms with Gasteiger partial charge >= 0.3 is 0 Å². The van der Waals surface area contributed by atoms with Crippen molar-refractivity contribution in [2.75, 3.05) is 26.2 Å². The predicted octanol–water partition coefficient (Wildman–Crippen LogP) is 1.10. The lowest BCUT2D eigenvalue weighted by molar-refractivity contribution is 0.0692. The van der Waals surface area contributed by atoms with Crippen LogP contribution in [-0.2, 0) is 10.0 Å². The zero-order valence-electron chi connectivity index (χ0n) is 13.4. The van der Waals surface area contributed by atoms with Gasteiger partial charge in [-0.05, 0) is 24.3 Å². The van der Waals surface area contributed by atoms with Crippen LogP contribution in [0.15, 0.2) is 53.6 Å². The molecular weight excluding hydrogens is 340 g/mol. The van der Waals surface area contributed by atoms with Gasteiger partial charge in [0.25, 0.3) is 5.91 Å². The minimum Gasteiger partial charge on any atom is -0.335 e. The number of amides is 1. The van der Waals surface area contributed by atoms with Crippen LogP contribution in [-0.4, -0.2) is 54.7 Å². The van der Waals surface area contributed by atoms with E-state index in [1.54, 1.807) is 41.4 Å². The van der Waals surface area contributed by atoms with Gasteiger partial charge in [-0.15, -0.1) is 0 Å². The minimum atomic E-state index is -3.76. The molecule has 3 rings (SSSR count). The van der Waals surface area contributed by atoms with Gasteiger partial charge in [-0.1, -0.05) is 18.2 Å². The molecule has 0 radical (unpaired) electrons. The van der Waals surface area contributed by atoms with Crippen LogP contribution in [0.1, 0.15) is 16.1 Å². The van der Waals surface area contributed by atoms with Crippen LogP contribution in [0.3, 0.4) is 0 Å². The van der Waals surface area contributed by atoms with E-state index in [1.165, 1.54) is 16.4 Å². The number of nitrogens with zero attached hydrogens (tertiary/aromatic N) is 4. The molecule has 1 aromatic heterocycles. The van der Waals surface area contributed by atoms with E-state index in [0.717, 1.165) is 0 Å². The molecule has 1 fully saturated rings. The van der Waals surface area contributed by atoms with Crippen LogP contribution in [0.25, 0.3) is 0 Å². The average Bonchev–Trinajstić information content (AvgIpc) is 2.68. The van der Waals surface area contributed by atoms with Crippen LogP contribution in [0.2, 0.25) is 0 Å². The Morgan fingerprint density at radius 1 is 1.04 bits per heavy atom. The number of carbonyl (C=O) groups is 1. The molecule has 0 aliphatic carbocycles. The fourth-order valence-electron chi connectivity index (χ4n) is 2.71. The van der Waals surface area contributed by atoms with Crippen LogP contribution in [0, 0.1) is 11.3 Å². The predicted molar refractivity (Wildman–Crippen MR) is 90.1 cm³/mol. The van der Waals surface area contributed by atoms with Crippen LogP contribution >= 0.6 is 0 Å². The molecule has 0 spiro atoms. The molecular formula is C17H16N4O3S. The van der Waals surface area contributed by atoms with Crippen LogP contribution < -0.4 is 0 Å². The highest BCUT2D eigenvalue weighted by molar-refractivity contribution is 7.89. The maximum absolute atomic E-state index is 12.8. The van der Waals surface area contributed by atoms with E-state index in [1.807, 2.05) is 6.07 Å². The first-order valence-electron chi connectivity index (χ1n) is 7.73. The topological polar surface area (TPSA) is 94.4 Å². The summed E-state index contributed by atoms with van der Waals surface area (Å²) in [5.74, 6) is -0.213. The van der Waals surface area contributed by atoms with Crippen molar-refractivity contribution in [2.45, 2.75) is 4.90 Å². The fourth-order valence-corrected chi connectivity index (χ4v) is 4.27. The fraction of sp³-hybridized carbons (Fsp3) is 0.235. The number of pyridine rings is 1. The van der Waals surface area contributed by atoms with E-state index in [2.05, 4.69) is 4.98 Å². The van der Waals surface area contributed by atoms with Crippen molar-refractivity contribution < 1.29 is 13.2 Å². The highest BCUT2D eigenvalue weighted by Crippen LogP contribution is 2.21. The molecule has 1 amide bonds. The number of sulfonamides is 1. The number of carbonyl (C=O) groups excluding carboxylic acids is 1. The molecule has 8 heteroatoms. The molecule has 2 heterocycles.